The van der Waals surface area contributed by atoms with Crippen LogP contribution >= 0.6 is 0 Å². The van der Waals surface area contributed by atoms with E-state index in [0.29, 0.717) is 37.3 Å². The van der Waals surface area contributed by atoms with Gasteiger partial charge in [-0.25, -0.2) is 0 Å². The summed E-state index contributed by atoms with van der Waals surface area (Å²) < 4.78 is 0. The number of carbonyl (C=O) groups excluding carboxylic acids is 2. The molecule has 20 heavy (non-hydrogen) atoms. The second-order valence-electron chi connectivity index (χ2n) is 4.72. The van der Waals surface area contributed by atoms with E-state index in [2.05, 4.69) is 15.5 Å². The van der Waals surface area contributed by atoms with Gasteiger partial charge >= 0.3 is 0 Å². The molecule has 0 bridgehead atoms. The number of anilines is 2. The molecule has 0 saturated carbocycles. The number of amides is 2. The first-order valence-corrected chi connectivity index (χ1v) is 6.81. The molecule has 108 valence electrons. The lowest BCUT2D eigenvalue weighted by atomic mass is 10.1. The Morgan fingerprint density at radius 1 is 1.45 bits per heavy atom. The number of rotatable bonds is 3. The molecule has 6 nitrogen and oxygen atoms in total. The van der Waals surface area contributed by atoms with Crippen LogP contribution in [0.2, 0.25) is 0 Å². The Kier molecular flexibility index (Phi) is 4.45. The molecule has 0 aliphatic carbocycles. The quantitative estimate of drug-likeness (QED) is 0.695. The fourth-order valence-corrected chi connectivity index (χ4v) is 2.25. The Balaban J connectivity index is 2.16. The van der Waals surface area contributed by atoms with Gasteiger partial charge in [0.05, 0.1) is 11.4 Å². The van der Waals surface area contributed by atoms with Crippen LogP contribution in [0.15, 0.2) is 18.2 Å². The largest absolute Gasteiger partial charge is 0.397 e. The van der Waals surface area contributed by atoms with E-state index in [1.165, 1.54) is 0 Å². The van der Waals surface area contributed by atoms with Gasteiger partial charge in [0.15, 0.2) is 0 Å². The normalized spacial score (nSPS) is 15.4. The van der Waals surface area contributed by atoms with E-state index in [4.69, 9.17) is 5.73 Å². The van der Waals surface area contributed by atoms with Crippen LogP contribution in [0.1, 0.15) is 23.7 Å². The van der Waals surface area contributed by atoms with E-state index in [0.717, 1.165) is 12.2 Å². The predicted octanol–water partition coefficient (Wildman–Crippen LogP) is 0.345. The average Bonchev–Trinajstić information content (AvgIpc) is 2.64. The monoisotopic (exact) mass is 276 g/mol. The molecule has 1 saturated heterocycles. The number of nitrogens with two attached hydrogens (primary N) is 1. The maximum absolute atomic E-state index is 11.7. The van der Waals surface area contributed by atoms with Crippen molar-refractivity contribution in [1.29, 1.82) is 0 Å². The topological polar surface area (TPSA) is 87.5 Å². The van der Waals surface area contributed by atoms with Crippen molar-refractivity contribution in [3.63, 3.8) is 0 Å². The smallest absolute Gasteiger partial charge is 0.251 e. The lowest BCUT2D eigenvalue weighted by Gasteiger charge is -2.23. The lowest BCUT2D eigenvalue weighted by molar-refractivity contribution is -0.120. The van der Waals surface area contributed by atoms with Crippen LogP contribution in [0.25, 0.3) is 0 Å². The van der Waals surface area contributed by atoms with Gasteiger partial charge in [0.1, 0.15) is 0 Å². The first-order valence-electron chi connectivity index (χ1n) is 6.81. The molecule has 0 spiro atoms. The first kappa shape index (κ1) is 14.2. The van der Waals surface area contributed by atoms with E-state index in [1.807, 2.05) is 13.0 Å². The molecule has 1 aliphatic rings. The van der Waals surface area contributed by atoms with Gasteiger partial charge in [0, 0.05) is 38.2 Å². The van der Waals surface area contributed by atoms with E-state index in [-0.39, 0.29) is 11.8 Å². The fourth-order valence-electron chi connectivity index (χ4n) is 2.25. The van der Waals surface area contributed by atoms with E-state index in [9.17, 15) is 9.59 Å². The van der Waals surface area contributed by atoms with E-state index < -0.39 is 0 Å². The number of carbonyl (C=O) groups is 2. The highest BCUT2D eigenvalue weighted by Crippen LogP contribution is 2.25. The molecule has 6 heteroatoms. The molecule has 0 unspecified atom stereocenters. The minimum atomic E-state index is -0.126. The number of hydrogen-bond acceptors (Lipinski definition) is 4. The van der Waals surface area contributed by atoms with Gasteiger partial charge < -0.3 is 21.3 Å². The molecular formula is C14H20N4O2. The van der Waals surface area contributed by atoms with Crippen LogP contribution in [0.3, 0.4) is 0 Å². The maximum Gasteiger partial charge on any atom is 0.251 e. The summed E-state index contributed by atoms with van der Waals surface area (Å²) in [7, 11) is 0. The van der Waals surface area contributed by atoms with Gasteiger partial charge in [0.2, 0.25) is 5.91 Å². The zero-order valence-electron chi connectivity index (χ0n) is 11.6. The molecule has 1 aliphatic heterocycles. The van der Waals surface area contributed by atoms with Crippen molar-refractivity contribution < 1.29 is 9.59 Å². The van der Waals surface area contributed by atoms with Crippen LogP contribution in [0.5, 0.6) is 0 Å². The summed E-state index contributed by atoms with van der Waals surface area (Å²) in [6.07, 6.45) is 0.456. The molecule has 1 aromatic rings. The molecule has 2 rings (SSSR count). The van der Waals surface area contributed by atoms with Crippen molar-refractivity contribution in [3.8, 4) is 0 Å². The molecule has 1 aromatic carbocycles. The minimum absolute atomic E-state index is 0.0602. The Labute approximate surface area is 118 Å². The fraction of sp³-hybridized carbons (Fsp3) is 0.429. The summed E-state index contributed by atoms with van der Waals surface area (Å²) in [4.78, 5) is 25.2. The summed E-state index contributed by atoms with van der Waals surface area (Å²) in [5.41, 5.74) is 8.03. The van der Waals surface area contributed by atoms with E-state index in [1.54, 1.807) is 12.1 Å². The van der Waals surface area contributed by atoms with Crippen molar-refractivity contribution in [2.24, 2.45) is 0 Å². The second-order valence-corrected chi connectivity index (χ2v) is 4.72. The second kappa shape index (κ2) is 6.27. The molecule has 2 amide bonds. The number of nitrogens with one attached hydrogen (secondary N) is 2. The van der Waals surface area contributed by atoms with Crippen LogP contribution in [0, 0.1) is 0 Å². The van der Waals surface area contributed by atoms with Crippen LogP contribution in [0.4, 0.5) is 11.4 Å². The molecule has 0 radical (unpaired) electrons. The zero-order chi connectivity index (χ0) is 14.5. The Bertz CT molecular complexity index is 516. The summed E-state index contributed by atoms with van der Waals surface area (Å²) >= 11 is 0. The molecule has 0 atom stereocenters. The van der Waals surface area contributed by atoms with E-state index >= 15 is 0 Å². The van der Waals surface area contributed by atoms with Crippen molar-refractivity contribution in [2.45, 2.75) is 13.3 Å². The van der Waals surface area contributed by atoms with Crippen LogP contribution in [-0.2, 0) is 4.79 Å². The molecule has 4 N–H and O–H groups in total. The third-order valence-electron chi connectivity index (χ3n) is 3.28. The highest BCUT2D eigenvalue weighted by molar-refractivity contribution is 5.96. The van der Waals surface area contributed by atoms with Crippen molar-refractivity contribution in [1.82, 2.24) is 10.6 Å². The summed E-state index contributed by atoms with van der Waals surface area (Å²) in [5, 5.41) is 5.57. The van der Waals surface area contributed by atoms with Crippen LogP contribution in [-0.4, -0.2) is 38.0 Å². The van der Waals surface area contributed by atoms with Gasteiger partial charge in [-0.3, -0.25) is 9.59 Å². The number of benzene rings is 1. The summed E-state index contributed by atoms with van der Waals surface area (Å²) in [5.74, 6) is -0.0662. The van der Waals surface area contributed by atoms with Gasteiger partial charge in [-0.05, 0) is 25.1 Å². The Morgan fingerprint density at radius 2 is 2.25 bits per heavy atom. The van der Waals surface area contributed by atoms with Gasteiger partial charge in [0.25, 0.3) is 5.91 Å². The zero-order valence-corrected chi connectivity index (χ0v) is 11.6. The van der Waals surface area contributed by atoms with Gasteiger partial charge in [-0.1, -0.05) is 0 Å². The highest BCUT2D eigenvalue weighted by Gasteiger charge is 2.16. The molecule has 0 aromatic heterocycles. The number of hydrogen-bond donors (Lipinski definition) is 3. The average molecular weight is 276 g/mol. The van der Waals surface area contributed by atoms with Crippen molar-refractivity contribution in [3.05, 3.63) is 23.8 Å². The minimum Gasteiger partial charge on any atom is -0.397 e. The number of nitrogens with zero attached hydrogens (tertiary/aromatic N) is 1. The Morgan fingerprint density at radius 3 is 2.95 bits per heavy atom. The SMILES string of the molecule is CCNC(=O)c1ccc(N2CCNC(=O)CC2)c(N)c1. The standard InChI is InChI=1S/C14H20N4O2/c1-2-16-14(20)10-3-4-12(11(15)9-10)18-7-5-13(19)17-6-8-18/h3-4,9H,2,5-8,15H2,1H3,(H,16,20)(H,17,19). The third-order valence-corrected chi connectivity index (χ3v) is 3.28. The third kappa shape index (κ3) is 3.20. The molecular weight excluding hydrogens is 256 g/mol. The van der Waals surface area contributed by atoms with Crippen molar-refractivity contribution in [2.75, 3.05) is 36.8 Å². The first-order chi connectivity index (χ1) is 9.61. The number of nitrogen functional groups attached to an aromatic ring is 1. The van der Waals surface area contributed by atoms with Gasteiger partial charge in [-0.15, -0.1) is 0 Å². The Hall–Kier alpha value is -2.24. The van der Waals surface area contributed by atoms with Gasteiger partial charge in [-0.2, -0.15) is 0 Å². The summed E-state index contributed by atoms with van der Waals surface area (Å²) in [6.45, 7) is 4.42. The summed E-state index contributed by atoms with van der Waals surface area (Å²) in [6, 6.07) is 5.28. The van der Waals surface area contributed by atoms with Crippen molar-refractivity contribution >= 4 is 23.2 Å². The molecule has 1 heterocycles. The predicted molar refractivity (Wildman–Crippen MR) is 78.7 cm³/mol. The molecule has 1 fully saturated rings. The van der Waals surface area contributed by atoms with Crippen LogP contribution < -0.4 is 21.3 Å². The highest BCUT2D eigenvalue weighted by atomic mass is 16.2. The maximum atomic E-state index is 11.7. The lowest BCUT2D eigenvalue weighted by Crippen LogP contribution is -2.29.